The lowest BCUT2D eigenvalue weighted by Gasteiger charge is -2.39. The predicted octanol–water partition coefficient (Wildman–Crippen LogP) is 3.84. The van der Waals surface area contributed by atoms with Gasteiger partial charge in [0.2, 0.25) is 12.2 Å². The number of carbonyl (C=O) groups excluding carboxylic acids is 1. The molecule has 6 atom stereocenters. The molecular formula is C31H48N2O8. The number of hydrogen-bond acceptors (Lipinski definition) is 9. The van der Waals surface area contributed by atoms with Crippen molar-refractivity contribution in [3.05, 3.63) is 34.6 Å². The van der Waals surface area contributed by atoms with Crippen molar-refractivity contribution in [1.29, 1.82) is 0 Å². The highest BCUT2D eigenvalue weighted by Crippen LogP contribution is 2.34. The van der Waals surface area contributed by atoms with E-state index >= 15 is 0 Å². The van der Waals surface area contributed by atoms with Crippen LogP contribution < -0.4 is 4.74 Å². The highest BCUT2D eigenvalue weighted by molar-refractivity contribution is 5.69. The summed E-state index contributed by atoms with van der Waals surface area (Å²) in [7, 11) is 0. The van der Waals surface area contributed by atoms with Crippen LogP contribution in [0.2, 0.25) is 0 Å². The molecule has 3 heterocycles. The number of esters is 1. The SMILES string of the molecule is CCCCCCCC(=O)OC[C@H]1O[C@@H](Oc2nn(C3CCOC3)c(C)c2CC2=CC=C(CC)CC2)[C@H](O)[C@@H](O)[C@@H]1O. The highest BCUT2D eigenvalue weighted by atomic mass is 16.7. The number of aliphatic hydroxyl groups is 3. The lowest BCUT2D eigenvalue weighted by molar-refractivity contribution is -0.279. The second-order valence-corrected chi connectivity index (χ2v) is 11.5. The van der Waals surface area contributed by atoms with Gasteiger partial charge in [0.1, 0.15) is 31.0 Å². The molecule has 2 saturated heterocycles. The largest absolute Gasteiger partial charge is 0.463 e. The second kappa shape index (κ2) is 15.3. The van der Waals surface area contributed by atoms with Crippen molar-refractivity contribution in [1.82, 2.24) is 9.78 Å². The van der Waals surface area contributed by atoms with Gasteiger partial charge >= 0.3 is 5.97 Å². The van der Waals surface area contributed by atoms with E-state index in [2.05, 4.69) is 26.0 Å². The Morgan fingerprint density at radius 3 is 2.49 bits per heavy atom. The molecule has 3 aliphatic rings. The lowest BCUT2D eigenvalue weighted by Crippen LogP contribution is -2.60. The number of hydrogen-bond donors (Lipinski definition) is 3. The number of allylic oxidation sites excluding steroid dienone is 4. The van der Waals surface area contributed by atoms with Crippen LogP contribution in [0.4, 0.5) is 0 Å². The Bertz CT molecular complexity index is 1060. The van der Waals surface area contributed by atoms with Crippen LogP contribution in [0.25, 0.3) is 0 Å². The summed E-state index contributed by atoms with van der Waals surface area (Å²) >= 11 is 0. The van der Waals surface area contributed by atoms with Crippen molar-refractivity contribution in [2.45, 2.75) is 128 Å². The van der Waals surface area contributed by atoms with Gasteiger partial charge in [0.05, 0.1) is 12.6 Å². The third-order valence-corrected chi connectivity index (χ3v) is 8.46. The molecular weight excluding hydrogens is 528 g/mol. The lowest BCUT2D eigenvalue weighted by atomic mass is 9.92. The standard InChI is InChI=1S/C31H48N2O8/c1-4-6-7-8-9-10-26(34)39-19-25-27(35)28(36)29(37)31(40-25)41-30-24(17-22-13-11-21(5-2)12-14-22)20(3)33(32-30)23-15-16-38-18-23/h11,13,23,25,27-29,31,35-37H,4-10,12,14-19H2,1-3H3/t23?,25-,27-,28+,29-,31+/m1/s1. The zero-order valence-electron chi connectivity index (χ0n) is 24.8. The maximum atomic E-state index is 12.2. The average Bonchev–Trinajstić information content (AvgIpc) is 3.61. The predicted molar refractivity (Wildman–Crippen MR) is 152 cm³/mol. The Morgan fingerprint density at radius 1 is 1.05 bits per heavy atom. The maximum absolute atomic E-state index is 12.2. The monoisotopic (exact) mass is 576 g/mol. The summed E-state index contributed by atoms with van der Waals surface area (Å²) in [5.41, 5.74) is 4.53. The number of aliphatic hydroxyl groups excluding tert-OH is 3. The third-order valence-electron chi connectivity index (χ3n) is 8.46. The van der Waals surface area contributed by atoms with Crippen LogP contribution in [0.5, 0.6) is 5.88 Å². The van der Waals surface area contributed by atoms with Crippen LogP contribution >= 0.6 is 0 Å². The molecule has 0 saturated carbocycles. The van der Waals surface area contributed by atoms with Gasteiger partial charge in [0, 0.05) is 30.7 Å². The van der Waals surface area contributed by atoms with Crippen molar-refractivity contribution in [2.75, 3.05) is 19.8 Å². The van der Waals surface area contributed by atoms with Gasteiger partial charge in [-0.05, 0) is 39.0 Å². The summed E-state index contributed by atoms with van der Waals surface area (Å²) in [6, 6.07) is 0.0803. The summed E-state index contributed by atoms with van der Waals surface area (Å²) < 4.78 is 24.9. The molecule has 0 amide bonds. The van der Waals surface area contributed by atoms with Crippen LogP contribution in [0.1, 0.15) is 95.4 Å². The molecule has 0 bridgehead atoms. The van der Waals surface area contributed by atoms with Gasteiger partial charge in [0.25, 0.3) is 0 Å². The Labute approximate surface area is 243 Å². The summed E-state index contributed by atoms with van der Waals surface area (Å²) in [6.45, 7) is 7.28. The summed E-state index contributed by atoms with van der Waals surface area (Å²) in [4.78, 5) is 12.2. The first-order chi connectivity index (χ1) is 19.8. The second-order valence-electron chi connectivity index (χ2n) is 11.5. The average molecular weight is 577 g/mol. The third kappa shape index (κ3) is 8.20. The van der Waals surface area contributed by atoms with Gasteiger partial charge in [-0.2, -0.15) is 0 Å². The Kier molecular flexibility index (Phi) is 11.8. The first kappa shape index (κ1) is 31.7. The van der Waals surface area contributed by atoms with E-state index in [-0.39, 0.29) is 25.0 Å². The quantitative estimate of drug-likeness (QED) is 0.223. The molecule has 2 aliphatic heterocycles. The van der Waals surface area contributed by atoms with Gasteiger partial charge in [-0.15, -0.1) is 5.10 Å². The number of unbranched alkanes of at least 4 members (excludes halogenated alkanes) is 4. The summed E-state index contributed by atoms with van der Waals surface area (Å²) in [6.07, 6.45) is 7.31. The van der Waals surface area contributed by atoms with E-state index < -0.39 is 30.7 Å². The van der Waals surface area contributed by atoms with E-state index in [1.165, 1.54) is 11.1 Å². The molecule has 0 radical (unpaired) electrons. The normalized spacial score (nSPS) is 28.3. The zero-order chi connectivity index (χ0) is 29.4. The van der Waals surface area contributed by atoms with Crippen LogP contribution in [0, 0.1) is 6.92 Å². The summed E-state index contributed by atoms with van der Waals surface area (Å²) in [5.74, 6) is -0.0668. The van der Waals surface area contributed by atoms with Crippen molar-refractivity contribution >= 4 is 5.97 Å². The van der Waals surface area contributed by atoms with Gasteiger partial charge < -0.3 is 34.3 Å². The van der Waals surface area contributed by atoms with Crippen LogP contribution in [0.15, 0.2) is 23.3 Å². The Balaban J connectivity index is 1.46. The van der Waals surface area contributed by atoms with Gasteiger partial charge in [0.15, 0.2) is 0 Å². The highest BCUT2D eigenvalue weighted by Gasteiger charge is 2.46. The number of rotatable bonds is 14. The molecule has 41 heavy (non-hydrogen) atoms. The Morgan fingerprint density at radius 2 is 1.80 bits per heavy atom. The van der Waals surface area contributed by atoms with Crippen molar-refractivity contribution in [2.24, 2.45) is 0 Å². The minimum Gasteiger partial charge on any atom is -0.463 e. The van der Waals surface area contributed by atoms with Crippen LogP contribution in [0.3, 0.4) is 0 Å². The van der Waals surface area contributed by atoms with E-state index in [0.717, 1.165) is 69.0 Å². The fourth-order valence-electron chi connectivity index (χ4n) is 5.67. The maximum Gasteiger partial charge on any atom is 0.305 e. The van der Waals surface area contributed by atoms with Crippen molar-refractivity contribution < 1.29 is 39.1 Å². The molecule has 10 heteroatoms. The molecule has 230 valence electrons. The van der Waals surface area contributed by atoms with E-state index in [9.17, 15) is 20.1 Å². The number of ether oxygens (including phenoxy) is 4. The topological polar surface area (TPSA) is 132 Å². The van der Waals surface area contributed by atoms with Crippen LogP contribution in [-0.2, 0) is 25.4 Å². The van der Waals surface area contributed by atoms with E-state index in [0.29, 0.717) is 25.5 Å². The minimum atomic E-state index is -1.54. The molecule has 2 fully saturated rings. The van der Waals surface area contributed by atoms with Crippen molar-refractivity contribution in [3.63, 3.8) is 0 Å². The fourth-order valence-corrected chi connectivity index (χ4v) is 5.67. The summed E-state index contributed by atoms with van der Waals surface area (Å²) in [5, 5.41) is 36.7. The fraction of sp³-hybridized carbons (Fsp3) is 0.742. The van der Waals surface area contributed by atoms with E-state index in [4.69, 9.17) is 24.0 Å². The minimum absolute atomic E-state index is 0.0803. The molecule has 0 spiro atoms. The van der Waals surface area contributed by atoms with E-state index in [1.807, 2.05) is 11.6 Å². The first-order valence-corrected chi connectivity index (χ1v) is 15.4. The molecule has 10 nitrogen and oxygen atoms in total. The Hall–Kier alpha value is -2.24. The molecule has 1 aromatic heterocycles. The van der Waals surface area contributed by atoms with Crippen LogP contribution in [-0.4, -0.2) is 81.6 Å². The van der Waals surface area contributed by atoms with E-state index in [1.54, 1.807) is 0 Å². The van der Waals surface area contributed by atoms with Crippen molar-refractivity contribution in [3.8, 4) is 5.88 Å². The number of aromatic nitrogens is 2. The molecule has 1 aromatic rings. The first-order valence-electron chi connectivity index (χ1n) is 15.4. The number of carbonyl (C=O) groups is 1. The molecule has 0 aromatic carbocycles. The number of nitrogens with zero attached hydrogens (tertiary/aromatic N) is 2. The van der Waals surface area contributed by atoms with Gasteiger partial charge in [-0.1, -0.05) is 62.8 Å². The zero-order valence-corrected chi connectivity index (χ0v) is 24.8. The smallest absolute Gasteiger partial charge is 0.305 e. The molecule has 1 aliphatic carbocycles. The van der Waals surface area contributed by atoms with Gasteiger partial charge in [-0.25, -0.2) is 0 Å². The molecule has 1 unspecified atom stereocenters. The molecule has 3 N–H and O–H groups in total. The van der Waals surface area contributed by atoms with Gasteiger partial charge in [-0.3, -0.25) is 9.48 Å². The molecule has 4 rings (SSSR count).